The summed E-state index contributed by atoms with van der Waals surface area (Å²) in [6.45, 7) is 0. The summed E-state index contributed by atoms with van der Waals surface area (Å²) < 4.78 is 2.72. The molecule has 1 heterocycles. The average Bonchev–Trinajstić information content (AvgIpc) is 2.15. The monoisotopic (exact) mass is 285 g/mol. The van der Waals surface area contributed by atoms with Crippen molar-refractivity contribution in [3.05, 3.63) is 44.4 Å². The first-order valence-electron chi connectivity index (χ1n) is 3.94. The molecule has 0 amide bonds. The zero-order chi connectivity index (χ0) is 9.42. The molecule has 0 saturated heterocycles. The van der Waals surface area contributed by atoms with Gasteiger partial charge in [-0.25, -0.2) is 0 Å². The molecule has 0 N–H and O–H groups in total. The number of pyridine rings is 1. The average molecular weight is 285 g/mol. The van der Waals surface area contributed by atoms with E-state index in [1.807, 2.05) is 30.5 Å². The third-order valence-electron chi connectivity index (χ3n) is 2.04. The van der Waals surface area contributed by atoms with E-state index in [1.165, 1.54) is 0 Å². The Morgan fingerprint density at radius 1 is 1.23 bits per heavy atom. The lowest BCUT2D eigenvalue weighted by atomic mass is 10.2. The lowest BCUT2D eigenvalue weighted by molar-refractivity contribution is 0.868. The van der Waals surface area contributed by atoms with E-state index in [0.29, 0.717) is 0 Å². The first-order valence-corrected chi connectivity index (χ1v) is 5.02. The lowest BCUT2D eigenvalue weighted by Gasteiger charge is -2.02. The maximum atomic E-state index is 11.6. The Labute approximate surface area is 89.3 Å². The number of aromatic nitrogens is 1. The fourth-order valence-electron chi connectivity index (χ4n) is 1.37. The summed E-state index contributed by atoms with van der Waals surface area (Å²) in [6, 6.07) is 7.67. The summed E-state index contributed by atoms with van der Waals surface area (Å²) >= 11 is 2.24. The molecular formula is C10H8INO. The molecule has 0 aliphatic rings. The van der Waals surface area contributed by atoms with Crippen molar-refractivity contribution in [2.24, 2.45) is 7.05 Å². The molecule has 1 aromatic carbocycles. The molecule has 0 unspecified atom stereocenters. The first-order chi connectivity index (χ1) is 6.20. The second kappa shape index (κ2) is 3.14. The number of rotatable bonds is 0. The van der Waals surface area contributed by atoms with Gasteiger partial charge in [-0.15, -0.1) is 0 Å². The van der Waals surface area contributed by atoms with Gasteiger partial charge in [-0.2, -0.15) is 0 Å². The minimum atomic E-state index is 0.0658. The predicted octanol–water partition coefficient (Wildman–Crippen LogP) is 2.14. The van der Waals surface area contributed by atoms with Crippen LogP contribution in [0.25, 0.3) is 10.8 Å². The molecule has 0 spiro atoms. The molecule has 0 bridgehead atoms. The van der Waals surface area contributed by atoms with Crippen molar-refractivity contribution in [3.63, 3.8) is 0 Å². The van der Waals surface area contributed by atoms with Crippen LogP contribution in [0, 0.1) is 3.57 Å². The number of hydrogen-bond acceptors (Lipinski definition) is 1. The second-order valence-corrected chi connectivity index (χ2v) is 4.10. The fraction of sp³-hybridized carbons (Fsp3) is 0.100. The van der Waals surface area contributed by atoms with E-state index in [1.54, 1.807) is 11.6 Å². The lowest BCUT2D eigenvalue weighted by Crippen LogP contribution is -2.16. The molecular weight excluding hydrogens is 277 g/mol. The number of halogens is 1. The van der Waals surface area contributed by atoms with Gasteiger partial charge in [0.2, 0.25) is 0 Å². The Kier molecular flexibility index (Phi) is 2.11. The highest BCUT2D eigenvalue weighted by Crippen LogP contribution is 2.16. The molecule has 0 aliphatic carbocycles. The third-order valence-corrected chi connectivity index (χ3v) is 2.90. The molecule has 0 saturated carbocycles. The van der Waals surface area contributed by atoms with Gasteiger partial charge in [-0.05, 0) is 28.7 Å². The molecule has 1 aromatic heterocycles. The number of nitrogens with zero attached hydrogens (tertiary/aromatic N) is 1. The molecule has 2 aromatic rings. The van der Waals surface area contributed by atoms with Gasteiger partial charge in [0.15, 0.2) is 0 Å². The summed E-state index contributed by atoms with van der Waals surface area (Å²) in [5.41, 5.74) is 0.0658. The summed E-state index contributed by atoms with van der Waals surface area (Å²) in [5.74, 6) is 0. The number of fused-ring (bicyclic) bond motifs is 1. The van der Waals surface area contributed by atoms with Gasteiger partial charge in [0, 0.05) is 27.6 Å². The molecule has 0 atom stereocenters. The smallest absolute Gasteiger partial charge is 0.258 e. The number of hydrogen-bond donors (Lipinski definition) is 0. The van der Waals surface area contributed by atoms with Gasteiger partial charge in [-0.1, -0.05) is 18.2 Å². The van der Waals surface area contributed by atoms with Crippen molar-refractivity contribution in [2.75, 3.05) is 0 Å². The number of aryl methyl sites for hydroxylation is 1. The van der Waals surface area contributed by atoms with Crippen molar-refractivity contribution in [3.8, 4) is 0 Å². The van der Waals surface area contributed by atoms with Gasteiger partial charge in [-0.3, -0.25) is 4.79 Å². The third kappa shape index (κ3) is 1.37. The van der Waals surface area contributed by atoms with Crippen LogP contribution in [0.15, 0.2) is 35.3 Å². The van der Waals surface area contributed by atoms with E-state index < -0.39 is 0 Å². The van der Waals surface area contributed by atoms with E-state index in [0.717, 1.165) is 14.3 Å². The van der Waals surface area contributed by atoms with Crippen LogP contribution < -0.4 is 5.56 Å². The Balaban J connectivity index is 3.06. The van der Waals surface area contributed by atoms with Crippen LogP contribution in [-0.2, 0) is 7.05 Å². The van der Waals surface area contributed by atoms with Crippen LogP contribution in [0.4, 0.5) is 0 Å². The number of benzene rings is 1. The van der Waals surface area contributed by atoms with E-state index in [-0.39, 0.29) is 5.56 Å². The second-order valence-electron chi connectivity index (χ2n) is 2.94. The van der Waals surface area contributed by atoms with Gasteiger partial charge >= 0.3 is 0 Å². The summed E-state index contributed by atoms with van der Waals surface area (Å²) in [5, 5.41) is 1.82. The van der Waals surface area contributed by atoms with Crippen molar-refractivity contribution >= 4 is 33.4 Å². The Bertz CT molecular complexity index is 516. The quantitative estimate of drug-likeness (QED) is 0.680. The minimum Gasteiger partial charge on any atom is -0.317 e. The van der Waals surface area contributed by atoms with Gasteiger partial charge in [0.1, 0.15) is 0 Å². The van der Waals surface area contributed by atoms with Crippen LogP contribution >= 0.6 is 22.6 Å². The highest BCUT2D eigenvalue weighted by atomic mass is 127. The van der Waals surface area contributed by atoms with Gasteiger partial charge in [0.05, 0.1) is 0 Å². The SMILES string of the molecule is Cn1cc(I)c2ccccc2c1=O. The molecule has 3 heteroatoms. The molecule has 0 aliphatic heterocycles. The van der Waals surface area contributed by atoms with E-state index >= 15 is 0 Å². The van der Waals surface area contributed by atoms with E-state index in [9.17, 15) is 4.79 Å². The van der Waals surface area contributed by atoms with Gasteiger partial charge < -0.3 is 4.57 Å². The van der Waals surface area contributed by atoms with E-state index in [2.05, 4.69) is 22.6 Å². The van der Waals surface area contributed by atoms with Crippen molar-refractivity contribution in [2.45, 2.75) is 0 Å². The van der Waals surface area contributed by atoms with E-state index in [4.69, 9.17) is 0 Å². The first kappa shape index (κ1) is 8.74. The zero-order valence-electron chi connectivity index (χ0n) is 7.12. The van der Waals surface area contributed by atoms with Crippen LogP contribution in [0.3, 0.4) is 0 Å². The Morgan fingerprint density at radius 2 is 1.85 bits per heavy atom. The minimum absolute atomic E-state index is 0.0658. The molecule has 2 nitrogen and oxygen atoms in total. The molecule has 0 fully saturated rings. The zero-order valence-corrected chi connectivity index (χ0v) is 9.28. The molecule has 66 valence electrons. The fourth-order valence-corrected chi connectivity index (χ4v) is 2.25. The van der Waals surface area contributed by atoms with Crippen LogP contribution in [0.2, 0.25) is 0 Å². The molecule has 13 heavy (non-hydrogen) atoms. The summed E-state index contributed by atoms with van der Waals surface area (Å²) in [7, 11) is 1.77. The predicted molar refractivity (Wildman–Crippen MR) is 61.9 cm³/mol. The maximum absolute atomic E-state index is 11.6. The van der Waals surface area contributed by atoms with Crippen LogP contribution in [0.5, 0.6) is 0 Å². The van der Waals surface area contributed by atoms with Crippen molar-refractivity contribution < 1.29 is 0 Å². The van der Waals surface area contributed by atoms with Gasteiger partial charge in [0.25, 0.3) is 5.56 Å². The van der Waals surface area contributed by atoms with Crippen molar-refractivity contribution in [1.82, 2.24) is 4.57 Å². The topological polar surface area (TPSA) is 22.0 Å². The maximum Gasteiger partial charge on any atom is 0.258 e. The normalized spacial score (nSPS) is 10.6. The molecule has 0 radical (unpaired) electrons. The highest BCUT2D eigenvalue weighted by Gasteiger charge is 2.02. The Hall–Kier alpha value is -0.840. The highest BCUT2D eigenvalue weighted by molar-refractivity contribution is 14.1. The van der Waals surface area contributed by atoms with Crippen LogP contribution in [0.1, 0.15) is 0 Å². The van der Waals surface area contributed by atoms with Crippen LogP contribution in [-0.4, -0.2) is 4.57 Å². The summed E-state index contributed by atoms with van der Waals surface area (Å²) in [6.07, 6.45) is 1.85. The summed E-state index contributed by atoms with van der Waals surface area (Å²) in [4.78, 5) is 11.6. The van der Waals surface area contributed by atoms with Crippen molar-refractivity contribution in [1.29, 1.82) is 0 Å². The standard InChI is InChI=1S/C10H8INO/c1-12-6-9(11)7-4-2-3-5-8(7)10(12)13/h2-6H,1H3. The molecule has 2 rings (SSSR count). The Morgan fingerprint density at radius 3 is 2.54 bits per heavy atom. The largest absolute Gasteiger partial charge is 0.317 e.